The lowest BCUT2D eigenvalue weighted by atomic mass is 9.97. The lowest BCUT2D eigenvalue weighted by molar-refractivity contribution is -0.143. The fourth-order valence-electron chi connectivity index (χ4n) is 4.98. The van der Waals surface area contributed by atoms with E-state index < -0.39 is 30.1 Å². The quantitative estimate of drug-likeness (QED) is 0.561. The molecular formula is C29H36N4O4. The Bertz CT molecular complexity index is 1120. The summed E-state index contributed by atoms with van der Waals surface area (Å²) in [4.78, 5) is 42.3. The maximum atomic E-state index is 13.8. The van der Waals surface area contributed by atoms with Crippen molar-refractivity contribution in [2.75, 3.05) is 13.6 Å². The van der Waals surface area contributed by atoms with Gasteiger partial charge in [-0.05, 0) is 42.3 Å². The van der Waals surface area contributed by atoms with Gasteiger partial charge in [0.1, 0.15) is 23.9 Å². The van der Waals surface area contributed by atoms with E-state index in [9.17, 15) is 14.4 Å². The number of hydrogen-bond donors (Lipinski definition) is 3. The topological polar surface area (TPSA) is 99.8 Å². The Morgan fingerprint density at radius 3 is 2.51 bits per heavy atom. The molecule has 5 rings (SSSR count). The summed E-state index contributed by atoms with van der Waals surface area (Å²) < 4.78 is 6.27. The van der Waals surface area contributed by atoms with E-state index in [1.165, 1.54) is 0 Å². The van der Waals surface area contributed by atoms with Gasteiger partial charge in [0, 0.05) is 25.6 Å². The molecule has 3 aliphatic heterocycles. The Kier molecular flexibility index (Phi) is 8.61. The van der Waals surface area contributed by atoms with E-state index in [1.807, 2.05) is 68.4 Å². The van der Waals surface area contributed by atoms with Crippen LogP contribution in [0.5, 0.6) is 5.75 Å². The van der Waals surface area contributed by atoms with Gasteiger partial charge in [-0.3, -0.25) is 14.4 Å². The molecule has 3 N–H and O–H groups in total. The first-order chi connectivity index (χ1) is 17.9. The Balaban J connectivity index is 1.68. The van der Waals surface area contributed by atoms with Gasteiger partial charge in [-0.25, -0.2) is 0 Å². The van der Waals surface area contributed by atoms with Crippen LogP contribution in [0.1, 0.15) is 37.8 Å². The molecule has 5 atom stereocenters. The van der Waals surface area contributed by atoms with E-state index in [1.54, 1.807) is 24.2 Å². The van der Waals surface area contributed by atoms with Crippen LogP contribution in [-0.2, 0) is 20.8 Å². The lowest BCUT2D eigenvalue weighted by Crippen LogP contribution is -2.59. The summed E-state index contributed by atoms with van der Waals surface area (Å²) in [5, 5.41) is 8.87. The smallest absolute Gasteiger partial charge is 0.247 e. The molecule has 37 heavy (non-hydrogen) atoms. The number of likely N-dealkylation sites (N-methyl/N-ethyl adjacent to an activating group) is 1. The molecule has 0 aliphatic carbocycles. The summed E-state index contributed by atoms with van der Waals surface area (Å²) in [6.45, 7) is 4.45. The molecule has 8 heteroatoms. The molecule has 0 unspecified atom stereocenters. The van der Waals surface area contributed by atoms with Gasteiger partial charge >= 0.3 is 0 Å². The highest BCUT2D eigenvalue weighted by Crippen LogP contribution is 2.27. The molecule has 0 radical (unpaired) electrons. The third-order valence-electron chi connectivity index (χ3n) is 7.27. The minimum absolute atomic E-state index is 0.0926. The molecule has 3 amide bonds. The van der Waals surface area contributed by atoms with Crippen molar-refractivity contribution in [3.8, 4) is 5.75 Å². The van der Waals surface area contributed by atoms with Crippen LogP contribution < -0.4 is 20.7 Å². The number of rotatable bonds is 6. The van der Waals surface area contributed by atoms with Crippen LogP contribution in [0.25, 0.3) is 6.08 Å². The van der Waals surface area contributed by atoms with Gasteiger partial charge in [-0.1, -0.05) is 62.7 Å². The Morgan fingerprint density at radius 1 is 1.11 bits per heavy atom. The largest absolute Gasteiger partial charge is 0.488 e. The van der Waals surface area contributed by atoms with Crippen LogP contribution in [0.4, 0.5) is 0 Å². The fourth-order valence-corrected chi connectivity index (χ4v) is 4.98. The Morgan fingerprint density at radius 2 is 1.84 bits per heavy atom. The van der Waals surface area contributed by atoms with Crippen molar-refractivity contribution in [3.05, 3.63) is 71.9 Å². The van der Waals surface area contributed by atoms with Gasteiger partial charge in [0.05, 0.1) is 6.04 Å². The average molecular weight is 505 g/mol. The van der Waals surface area contributed by atoms with Gasteiger partial charge in [-0.15, -0.1) is 0 Å². The molecular weight excluding hydrogens is 468 g/mol. The minimum Gasteiger partial charge on any atom is -0.488 e. The maximum absolute atomic E-state index is 13.8. The highest BCUT2D eigenvalue weighted by Gasteiger charge is 2.46. The first kappa shape index (κ1) is 26.4. The third-order valence-corrected chi connectivity index (χ3v) is 7.27. The van der Waals surface area contributed by atoms with E-state index in [0.29, 0.717) is 25.1 Å². The highest BCUT2D eigenvalue weighted by atomic mass is 16.5. The number of nitrogens with one attached hydrogen (secondary N) is 3. The van der Waals surface area contributed by atoms with Crippen LogP contribution in [0.15, 0.2) is 60.8 Å². The summed E-state index contributed by atoms with van der Waals surface area (Å²) in [7, 11) is 1.77. The van der Waals surface area contributed by atoms with Crippen molar-refractivity contribution >= 4 is 23.8 Å². The summed E-state index contributed by atoms with van der Waals surface area (Å²) >= 11 is 0. The zero-order valence-electron chi connectivity index (χ0n) is 21.6. The maximum Gasteiger partial charge on any atom is 0.247 e. The van der Waals surface area contributed by atoms with E-state index in [-0.39, 0.29) is 17.7 Å². The number of carbonyl (C=O) groups excluding carboxylic acids is 3. The van der Waals surface area contributed by atoms with Gasteiger partial charge in [0.15, 0.2) is 0 Å². The van der Waals surface area contributed by atoms with E-state index in [0.717, 1.165) is 17.5 Å². The number of likely N-dealkylation sites (tertiary alicyclic amines) is 1. The number of benzene rings is 2. The number of hydrogen-bond acceptors (Lipinski definition) is 5. The van der Waals surface area contributed by atoms with Crippen molar-refractivity contribution in [2.45, 2.75) is 57.3 Å². The zero-order valence-corrected chi connectivity index (χ0v) is 21.6. The van der Waals surface area contributed by atoms with Gasteiger partial charge in [-0.2, -0.15) is 0 Å². The molecule has 1 fully saturated rings. The van der Waals surface area contributed by atoms with Crippen LogP contribution in [0.2, 0.25) is 0 Å². The van der Waals surface area contributed by atoms with Crippen molar-refractivity contribution in [1.82, 2.24) is 20.9 Å². The summed E-state index contributed by atoms with van der Waals surface area (Å²) in [6, 6.07) is 14.9. The second-order valence-corrected chi connectivity index (χ2v) is 9.74. The average Bonchev–Trinajstić information content (AvgIpc) is 3.33. The number of fused-ring (bicyclic) bond motifs is 7. The molecule has 2 bridgehead atoms. The monoisotopic (exact) mass is 504 g/mol. The number of nitrogens with zero attached hydrogens (tertiary/aromatic N) is 1. The first-order valence-electron chi connectivity index (χ1n) is 13.0. The van der Waals surface area contributed by atoms with Crippen LogP contribution in [-0.4, -0.2) is 60.4 Å². The summed E-state index contributed by atoms with van der Waals surface area (Å²) in [6.07, 6.45) is 4.48. The van der Waals surface area contributed by atoms with E-state index in [2.05, 4.69) is 16.0 Å². The molecule has 0 spiro atoms. The molecule has 0 aromatic heterocycles. The molecule has 196 valence electrons. The van der Waals surface area contributed by atoms with E-state index in [4.69, 9.17) is 4.74 Å². The van der Waals surface area contributed by atoms with E-state index >= 15 is 0 Å². The normalized spacial score (nSPS) is 24.2. The Hall–Kier alpha value is -3.65. The summed E-state index contributed by atoms with van der Waals surface area (Å²) in [5.74, 6) is -0.142. The first-order valence-corrected chi connectivity index (χ1v) is 13.0. The Labute approximate surface area is 218 Å². The number of ether oxygens (including phenoxy) is 1. The second kappa shape index (κ2) is 12.1. The van der Waals surface area contributed by atoms with Crippen LogP contribution in [0.3, 0.4) is 0 Å². The van der Waals surface area contributed by atoms with Crippen LogP contribution in [0, 0.1) is 5.92 Å². The summed E-state index contributed by atoms with van der Waals surface area (Å²) in [5.41, 5.74) is 1.82. The number of carbonyl (C=O) groups is 3. The molecule has 1 saturated heterocycles. The van der Waals surface area contributed by atoms with Crippen molar-refractivity contribution < 1.29 is 19.1 Å². The molecule has 2 aromatic carbocycles. The SMILES string of the molecule is CC[C@H](C)[C@H](NC)C(=O)N1CC[C@@H]2Oc3ccc(cc3)/C=C\NC(=O)[C@@H](Cc3ccccc3)NC(=O)[C@H]21. The second-order valence-electron chi connectivity index (χ2n) is 9.74. The van der Waals surface area contributed by atoms with Gasteiger partial charge in [0.2, 0.25) is 17.7 Å². The molecule has 3 heterocycles. The lowest BCUT2D eigenvalue weighted by Gasteiger charge is -2.33. The third kappa shape index (κ3) is 6.20. The fraction of sp³-hybridized carbons (Fsp3) is 0.414. The predicted octanol–water partition coefficient (Wildman–Crippen LogP) is 2.50. The molecule has 2 aromatic rings. The van der Waals surface area contributed by atoms with Gasteiger partial charge in [0.25, 0.3) is 0 Å². The minimum atomic E-state index is -0.864. The standard InChI is InChI=1S/C29H36N4O4/c1-4-19(2)25(30-3)29(36)33-17-15-24-26(33)28(35)32-23(18-21-8-6-5-7-9-21)27(34)31-16-14-20-10-12-22(37-24)13-11-20/h5-14,16,19,23-26,30H,4,15,17-18H2,1-3H3,(H,31,34)(H,32,35)/b16-14-/t19-,23+,24-,25-,26-/m0/s1. The molecule has 0 saturated carbocycles. The van der Waals surface area contributed by atoms with Crippen LogP contribution >= 0.6 is 0 Å². The molecule has 3 aliphatic rings. The highest BCUT2D eigenvalue weighted by molar-refractivity contribution is 5.94. The zero-order chi connectivity index (χ0) is 26.4. The van der Waals surface area contributed by atoms with Crippen molar-refractivity contribution in [3.63, 3.8) is 0 Å². The number of amides is 3. The predicted molar refractivity (Wildman–Crippen MR) is 143 cm³/mol. The van der Waals surface area contributed by atoms with Crippen molar-refractivity contribution in [1.29, 1.82) is 0 Å². The van der Waals surface area contributed by atoms with Crippen molar-refractivity contribution in [2.24, 2.45) is 5.92 Å². The molecule has 8 nitrogen and oxygen atoms in total. The van der Waals surface area contributed by atoms with Gasteiger partial charge < -0.3 is 25.6 Å².